The van der Waals surface area contributed by atoms with Crippen LogP contribution in [0.2, 0.25) is 0 Å². The third-order valence-corrected chi connectivity index (χ3v) is 4.17. The minimum atomic E-state index is -0.586. The van der Waals surface area contributed by atoms with Gasteiger partial charge in [0.05, 0.1) is 0 Å². The second-order valence-corrected chi connectivity index (χ2v) is 6.05. The Morgan fingerprint density at radius 2 is 1.95 bits per heavy atom. The molecule has 1 N–H and O–H groups in total. The SMILES string of the molecule is CC(Oc1ccccc1)C(=O)N1CCCC1C(=O)NC1CC1. The van der Waals surface area contributed by atoms with Crippen LogP contribution in [0.5, 0.6) is 5.75 Å². The second-order valence-electron chi connectivity index (χ2n) is 6.05. The Morgan fingerprint density at radius 3 is 2.64 bits per heavy atom. The van der Waals surface area contributed by atoms with Crippen LogP contribution in [0.15, 0.2) is 30.3 Å². The molecular formula is C17H22N2O3. The van der Waals surface area contributed by atoms with Crippen LogP contribution >= 0.6 is 0 Å². The molecule has 1 aromatic rings. The maximum atomic E-state index is 12.6. The van der Waals surface area contributed by atoms with E-state index in [4.69, 9.17) is 4.74 Å². The number of nitrogens with one attached hydrogen (secondary N) is 1. The number of ether oxygens (including phenoxy) is 1. The van der Waals surface area contributed by atoms with Crippen molar-refractivity contribution >= 4 is 11.8 Å². The molecule has 1 saturated carbocycles. The van der Waals surface area contributed by atoms with Crippen molar-refractivity contribution in [3.8, 4) is 5.75 Å². The Labute approximate surface area is 130 Å². The van der Waals surface area contributed by atoms with E-state index < -0.39 is 6.10 Å². The molecule has 0 aromatic heterocycles. The van der Waals surface area contributed by atoms with Crippen LogP contribution in [0.1, 0.15) is 32.6 Å². The van der Waals surface area contributed by atoms with Gasteiger partial charge in [0.15, 0.2) is 6.10 Å². The van der Waals surface area contributed by atoms with Gasteiger partial charge in [0.1, 0.15) is 11.8 Å². The molecule has 2 fully saturated rings. The molecule has 2 amide bonds. The molecule has 2 unspecified atom stereocenters. The summed E-state index contributed by atoms with van der Waals surface area (Å²) in [5, 5.41) is 3.00. The fourth-order valence-electron chi connectivity index (χ4n) is 2.82. The van der Waals surface area contributed by atoms with E-state index in [1.165, 1.54) is 0 Å². The van der Waals surface area contributed by atoms with Crippen LogP contribution in [-0.2, 0) is 9.59 Å². The first-order valence-corrected chi connectivity index (χ1v) is 7.97. The summed E-state index contributed by atoms with van der Waals surface area (Å²) in [4.78, 5) is 26.5. The van der Waals surface area contributed by atoms with E-state index in [1.54, 1.807) is 11.8 Å². The Morgan fingerprint density at radius 1 is 1.23 bits per heavy atom. The van der Waals surface area contributed by atoms with E-state index in [1.807, 2.05) is 30.3 Å². The Kier molecular flexibility index (Phi) is 4.32. The molecule has 1 aliphatic carbocycles. The van der Waals surface area contributed by atoms with Crippen LogP contribution in [0.4, 0.5) is 0 Å². The number of hydrogen-bond acceptors (Lipinski definition) is 3. The fourth-order valence-corrected chi connectivity index (χ4v) is 2.82. The summed E-state index contributed by atoms with van der Waals surface area (Å²) in [6.07, 6.45) is 3.13. The number of para-hydroxylation sites is 1. The smallest absolute Gasteiger partial charge is 0.264 e. The number of amides is 2. The highest BCUT2D eigenvalue weighted by Crippen LogP contribution is 2.23. The number of carbonyl (C=O) groups is 2. The van der Waals surface area contributed by atoms with Crippen molar-refractivity contribution in [3.05, 3.63) is 30.3 Å². The molecule has 5 heteroatoms. The van der Waals surface area contributed by atoms with Gasteiger partial charge < -0.3 is 15.0 Å². The van der Waals surface area contributed by atoms with E-state index >= 15 is 0 Å². The monoisotopic (exact) mass is 302 g/mol. The zero-order chi connectivity index (χ0) is 15.5. The first-order chi connectivity index (χ1) is 10.6. The lowest BCUT2D eigenvalue weighted by molar-refractivity contribution is -0.143. The molecule has 3 rings (SSSR count). The first-order valence-electron chi connectivity index (χ1n) is 7.97. The molecule has 1 saturated heterocycles. The van der Waals surface area contributed by atoms with Gasteiger partial charge in [-0.2, -0.15) is 0 Å². The minimum Gasteiger partial charge on any atom is -0.481 e. The molecule has 0 bridgehead atoms. The minimum absolute atomic E-state index is 0.0136. The Balaban J connectivity index is 1.60. The molecule has 2 atom stereocenters. The summed E-state index contributed by atoms with van der Waals surface area (Å²) < 4.78 is 5.69. The van der Waals surface area contributed by atoms with Crippen molar-refractivity contribution in [3.63, 3.8) is 0 Å². The number of benzene rings is 1. The Hall–Kier alpha value is -2.04. The third kappa shape index (κ3) is 3.40. The van der Waals surface area contributed by atoms with E-state index in [2.05, 4.69) is 5.32 Å². The molecule has 2 aliphatic rings. The van der Waals surface area contributed by atoms with Crippen LogP contribution in [0.3, 0.4) is 0 Å². The molecule has 1 aliphatic heterocycles. The van der Waals surface area contributed by atoms with Gasteiger partial charge in [0.2, 0.25) is 5.91 Å². The normalized spacial score (nSPS) is 22.2. The van der Waals surface area contributed by atoms with Gasteiger partial charge in [0, 0.05) is 12.6 Å². The fraction of sp³-hybridized carbons (Fsp3) is 0.529. The van der Waals surface area contributed by atoms with Crippen LogP contribution < -0.4 is 10.1 Å². The van der Waals surface area contributed by atoms with Gasteiger partial charge in [-0.1, -0.05) is 18.2 Å². The highest BCUT2D eigenvalue weighted by molar-refractivity contribution is 5.90. The third-order valence-electron chi connectivity index (χ3n) is 4.17. The number of rotatable bonds is 5. The summed E-state index contributed by atoms with van der Waals surface area (Å²) in [5.74, 6) is 0.541. The van der Waals surface area contributed by atoms with E-state index in [0.29, 0.717) is 18.3 Å². The summed E-state index contributed by atoms with van der Waals surface area (Å²) >= 11 is 0. The molecule has 0 radical (unpaired) electrons. The molecule has 1 heterocycles. The standard InChI is InChI=1S/C17H22N2O3/c1-12(22-14-6-3-2-4-7-14)17(21)19-11-5-8-15(19)16(20)18-13-9-10-13/h2-4,6-7,12-13,15H,5,8-11H2,1H3,(H,18,20). The quantitative estimate of drug-likeness (QED) is 0.901. The topological polar surface area (TPSA) is 58.6 Å². The first kappa shape index (κ1) is 14.9. The largest absolute Gasteiger partial charge is 0.481 e. The van der Waals surface area contributed by atoms with Crippen molar-refractivity contribution in [2.75, 3.05) is 6.54 Å². The predicted molar refractivity (Wildman–Crippen MR) is 82.4 cm³/mol. The van der Waals surface area contributed by atoms with Gasteiger partial charge in [0.25, 0.3) is 5.91 Å². The summed E-state index contributed by atoms with van der Waals surface area (Å²) in [5.41, 5.74) is 0. The maximum absolute atomic E-state index is 12.6. The zero-order valence-corrected chi connectivity index (χ0v) is 12.8. The number of carbonyl (C=O) groups excluding carboxylic acids is 2. The van der Waals surface area contributed by atoms with Crippen molar-refractivity contribution in [2.24, 2.45) is 0 Å². The van der Waals surface area contributed by atoms with Gasteiger partial charge in [-0.3, -0.25) is 9.59 Å². The van der Waals surface area contributed by atoms with Gasteiger partial charge in [-0.25, -0.2) is 0 Å². The lowest BCUT2D eigenvalue weighted by Gasteiger charge is -2.27. The van der Waals surface area contributed by atoms with Crippen LogP contribution in [-0.4, -0.2) is 41.4 Å². The summed E-state index contributed by atoms with van der Waals surface area (Å²) in [6.45, 7) is 2.37. The zero-order valence-electron chi connectivity index (χ0n) is 12.8. The van der Waals surface area contributed by atoms with Gasteiger partial charge >= 0.3 is 0 Å². The molecular weight excluding hydrogens is 280 g/mol. The van der Waals surface area contributed by atoms with Crippen molar-refractivity contribution < 1.29 is 14.3 Å². The molecule has 0 spiro atoms. The summed E-state index contributed by atoms with van der Waals surface area (Å²) in [6, 6.07) is 9.27. The van der Waals surface area contributed by atoms with E-state index in [9.17, 15) is 9.59 Å². The number of nitrogens with zero attached hydrogens (tertiary/aromatic N) is 1. The molecule has 118 valence electrons. The highest BCUT2D eigenvalue weighted by atomic mass is 16.5. The lowest BCUT2D eigenvalue weighted by Crippen LogP contribution is -2.50. The summed E-state index contributed by atoms with van der Waals surface area (Å²) in [7, 11) is 0. The average Bonchev–Trinajstić information content (AvgIpc) is 3.19. The molecule has 5 nitrogen and oxygen atoms in total. The van der Waals surface area contributed by atoms with Crippen molar-refractivity contribution in [2.45, 2.75) is 50.8 Å². The predicted octanol–water partition coefficient (Wildman–Crippen LogP) is 1.72. The van der Waals surface area contributed by atoms with Crippen molar-refractivity contribution in [1.82, 2.24) is 10.2 Å². The molecule has 1 aromatic carbocycles. The molecule has 22 heavy (non-hydrogen) atoms. The van der Waals surface area contributed by atoms with Crippen LogP contribution in [0.25, 0.3) is 0 Å². The Bertz CT molecular complexity index is 542. The van der Waals surface area contributed by atoms with Gasteiger partial charge in [-0.05, 0) is 44.7 Å². The maximum Gasteiger partial charge on any atom is 0.264 e. The van der Waals surface area contributed by atoms with E-state index in [-0.39, 0.29) is 17.9 Å². The lowest BCUT2D eigenvalue weighted by atomic mass is 10.2. The van der Waals surface area contributed by atoms with E-state index in [0.717, 1.165) is 25.7 Å². The number of likely N-dealkylation sites (tertiary alicyclic amines) is 1. The highest BCUT2D eigenvalue weighted by Gasteiger charge is 2.38. The van der Waals surface area contributed by atoms with Crippen LogP contribution in [0, 0.1) is 0 Å². The van der Waals surface area contributed by atoms with Crippen molar-refractivity contribution in [1.29, 1.82) is 0 Å². The average molecular weight is 302 g/mol. The number of hydrogen-bond donors (Lipinski definition) is 1. The van der Waals surface area contributed by atoms with Gasteiger partial charge in [-0.15, -0.1) is 0 Å². The second kappa shape index (κ2) is 6.38.